The number of hydrogen-bond donors (Lipinski definition) is 1. The van der Waals surface area contributed by atoms with Crippen LogP contribution in [-0.2, 0) is 4.84 Å². The average Bonchev–Trinajstić information content (AvgIpc) is 2.17. The third-order valence-electron chi connectivity index (χ3n) is 1.63. The van der Waals surface area contributed by atoms with Crippen LogP contribution in [0.1, 0.15) is 13.3 Å². The predicted octanol–water partition coefficient (Wildman–Crippen LogP) is 0.465. The molecule has 0 aromatic heterocycles. The zero-order chi connectivity index (χ0) is 7.98. The first-order chi connectivity index (χ1) is 4.70. The van der Waals surface area contributed by atoms with E-state index in [4.69, 9.17) is 0 Å². The first-order valence-electron chi connectivity index (χ1n) is 3.62. The van der Waals surface area contributed by atoms with Crippen LogP contribution in [0.15, 0.2) is 0 Å². The second-order valence-electron chi connectivity index (χ2n) is 2.89. The zero-order valence-electron chi connectivity index (χ0n) is 7.13. The van der Waals surface area contributed by atoms with Crippen LogP contribution >= 0.6 is 0 Å². The van der Waals surface area contributed by atoms with E-state index in [1.165, 1.54) is 26.6 Å². The lowest BCUT2D eigenvalue weighted by Crippen LogP contribution is -2.12. The van der Waals surface area contributed by atoms with Gasteiger partial charge >= 0.3 is 0 Å². The molecule has 1 rings (SSSR count). The van der Waals surface area contributed by atoms with E-state index >= 15 is 0 Å². The molecule has 0 spiro atoms. The van der Waals surface area contributed by atoms with E-state index in [0.29, 0.717) is 0 Å². The molecule has 2 N–H and O–H groups in total. The summed E-state index contributed by atoms with van der Waals surface area (Å²) in [7, 11) is 3.59. The van der Waals surface area contributed by atoms with Crippen LogP contribution in [0.5, 0.6) is 0 Å². The molecule has 1 saturated heterocycles. The zero-order valence-corrected chi connectivity index (χ0v) is 7.13. The summed E-state index contributed by atoms with van der Waals surface area (Å²) in [5.41, 5.74) is 0. The van der Waals surface area contributed by atoms with Crippen molar-refractivity contribution in [2.24, 2.45) is 11.8 Å². The lowest BCUT2D eigenvalue weighted by molar-refractivity contribution is 0.206. The normalized spacial score (nSPS) is 25.8. The van der Waals surface area contributed by atoms with Gasteiger partial charge in [-0.3, -0.25) is 0 Å². The minimum Gasteiger partial charge on any atom is -0.308 e. The fraction of sp³-hybridized carbons (Fsp3) is 1.00. The van der Waals surface area contributed by atoms with Crippen molar-refractivity contribution in [2.75, 3.05) is 27.2 Å². The molecule has 3 heteroatoms. The first-order valence-corrected chi connectivity index (χ1v) is 3.62. The molecule has 1 aliphatic rings. The molecule has 1 heterocycles. The van der Waals surface area contributed by atoms with Crippen LogP contribution in [-0.4, -0.2) is 32.1 Å². The molecule has 3 nitrogen and oxygen atoms in total. The Bertz CT molecular complexity index is 70.0. The Balaban J connectivity index is 0.000000236. The highest BCUT2D eigenvalue weighted by Crippen LogP contribution is 2.11. The van der Waals surface area contributed by atoms with Gasteiger partial charge in [0.1, 0.15) is 0 Å². The molecule has 1 atom stereocenters. The second kappa shape index (κ2) is 5.65. The molecular weight excluding hydrogens is 128 g/mol. The summed E-state index contributed by atoms with van der Waals surface area (Å²) < 4.78 is 0. The largest absolute Gasteiger partial charge is 0.308 e. The summed E-state index contributed by atoms with van der Waals surface area (Å²) in [6.07, 6.45) is 1.40. The SMILES string of the molecule is CC1CCN(C)C1.CON. The Morgan fingerprint density at radius 1 is 1.60 bits per heavy atom. The minimum absolute atomic E-state index is 0.949. The van der Waals surface area contributed by atoms with Gasteiger partial charge in [-0.1, -0.05) is 6.92 Å². The van der Waals surface area contributed by atoms with E-state index in [2.05, 4.69) is 29.6 Å². The molecular formula is C7H18N2O. The lowest BCUT2D eigenvalue weighted by atomic mass is 10.2. The van der Waals surface area contributed by atoms with Gasteiger partial charge in [0.15, 0.2) is 0 Å². The van der Waals surface area contributed by atoms with Gasteiger partial charge in [-0.15, -0.1) is 0 Å². The van der Waals surface area contributed by atoms with Gasteiger partial charge < -0.3 is 9.74 Å². The quantitative estimate of drug-likeness (QED) is 0.505. The molecule has 1 fully saturated rings. The molecule has 0 bridgehead atoms. The van der Waals surface area contributed by atoms with E-state index in [0.717, 1.165) is 5.92 Å². The fourth-order valence-corrected chi connectivity index (χ4v) is 1.16. The Kier molecular flexibility index (Phi) is 5.58. The molecule has 10 heavy (non-hydrogen) atoms. The third-order valence-corrected chi connectivity index (χ3v) is 1.63. The highest BCUT2D eigenvalue weighted by molar-refractivity contribution is 4.67. The second-order valence-corrected chi connectivity index (χ2v) is 2.89. The van der Waals surface area contributed by atoms with Gasteiger partial charge in [0.25, 0.3) is 0 Å². The summed E-state index contributed by atoms with van der Waals surface area (Å²) in [6.45, 7) is 4.92. The van der Waals surface area contributed by atoms with Crippen molar-refractivity contribution in [1.82, 2.24) is 4.90 Å². The summed E-state index contributed by atoms with van der Waals surface area (Å²) >= 11 is 0. The maximum absolute atomic E-state index is 4.35. The van der Waals surface area contributed by atoms with Crippen LogP contribution < -0.4 is 5.90 Å². The van der Waals surface area contributed by atoms with Crippen molar-refractivity contribution in [3.05, 3.63) is 0 Å². The monoisotopic (exact) mass is 146 g/mol. The summed E-state index contributed by atoms with van der Waals surface area (Å²) in [6, 6.07) is 0. The minimum atomic E-state index is 0.949. The average molecular weight is 146 g/mol. The maximum atomic E-state index is 4.35. The van der Waals surface area contributed by atoms with Crippen LogP contribution in [0.25, 0.3) is 0 Å². The number of nitrogens with two attached hydrogens (primary N) is 1. The van der Waals surface area contributed by atoms with Crippen LogP contribution in [0.2, 0.25) is 0 Å². The molecule has 0 aromatic carbocycles. The van der Waals surface area contributed by atoms with Crippen molar-refractivity contribution in [3.8, 4) is 0 Å². The summed E-state index contributed by atoms with van der Waals surface area (Å²) in [5.74, 6) is 5.30. The van der Waals surface area contributed by atoms with E-state index in [1.807, 2.05) is 0 Å². The summed E-state index contributed by atoms with van der Waals surface area (Å²) in [5, 5.41) is 0. The molecule has 0 amide bonds. The topological polar surface area (TPSA) is 38.5 Å². The Labute approximate surface area is 63.1 Å². The van der Waals surface area contributed by atoms with Crippen LogP contribution in [0.3, 0.4) is 0 Å². The fourth-order valence-electron chi connectivity index (χ4n) is 1.16. The molecule has 0 aromatic rings. The predicted molar refractivity (Wildman–Crippen MR) is 42.5 cm³/mol. The van der Waals surface area contributed by atoms with Crippen molar-refractivity contribution in [2.45, 2.75) is 13.3 Å². The summed E-state index contributed by atoms with van der Waals surface area (Å²) in [4.78, 5) is 6.13. The van der Waals surface area contributed by atoms with Crippen molar-refractivity contribution >= 4 is 0 Å². The van der Waals surface area contributed by atoms with E-state index in [-0.39, 0.29) is 0 Å². The lowest BCUT2D eigenvalue weighted by Gasteiger charge is -2.03. The number of nitrogens with zero attached hydrogens (tertiary/aromatic N) is 1. The van der Waals surface area contributed by atoms with Crippen LogP contribution in [0.4, 0.5) is 0 Å². The maximum Gasteiger partial charge on any atom is 0.0569 e. The Morgan fingerprint density at radius 2 is 2.10 bits per heavy atom. The standard InChI is InChI=1S/C6H13N.CH5NO/c1-6-3-4-7(2)5-6;1-3-2/h6H,3-5H2,1-2H3;2H2,1H3. The Hall–Kier alpha value is -0.120. The van der Waals surface area contributed by atoms with E-state index < -0.39 is 0 Å². The van der Waals surface area contributed by atoms with Crippen molar-refractivity contribution < 1.29 is 4.84 Å². The van der Waals surface area contributed by atoms with Crippen molar-refractivity contribution in [1.29, 1.82) is 0 Å². The van der Waals surface area contributed by atoms with Gasteiger partial charge in [0.2, 0.25) is 0 Å². The molecule has 0 radical (unpaired) electrons. The highest BCUT2D eigenvalue weighted by atomic mass is 16.6. The van der Waals surface area contributed by atoms with Crippen molar-refractivity contribution in [3.63, 3.8) is 0 Å². The van der Waals surface area contributed by atoms with E-state index in [1.54, 1.807) is 0 Å². The number of hydrogen-bond acceptors (Lipinski definition) is 3. The molecule has 0 aliphatic carbocycles. The molecule has 1 unspecified atom stereocenters. The smallest absolute Gasteiger partial charge is 0.0569 e. The molecule has 62 valence electrons. The van der Waals surface area contributed by atoms with Gasteiger partial charge in [0, 0.05) is 6.54 Å². The molecule has 1 aliphatic heterocycles. The first kappa shape index (κ1) is 9.88. The third kappa shape index (κ3) is 4.73. The molecule has 0 saturated carbocycles. The highest BCUT2D eigenvalue weighted by Gasteiger charge is 2.13. The van der Waals surface area contributed by atoms with Gasteiger partial charge in [-0.05, 0) is 25.9 Å². The van der Waals surface area contributed by atoms with E-state index in [9.17, 15) is 0 Å². The van der Waals surface area contributed by atoms with Gasteiger partial charge in [-0.2, -0.15) is 0 Å². The van der Waals surface area contributed by atoms with Gasteiger partial charge in [-0.25, -0.2) is 5.90 Å². The number of likely N-dealkylation sites (tertiary alicyclic amines) is 1. The van der Waals surface area contributed by atoms with Crippen LogP contribution in [0, 0.1) is 5.92 Å². The van der Waals surface area contributed by atoms with Gasteiger partial charge in [0.05, 0.1) is 7.11 Å². The number of rotatable bonds is 0. The Morgan fingerprint density at radius 3 is 2.20 bits per heavy atom.